The van der Waals surface area contributed by atoms with Crippen molar-refractivity contribution >= 4 is 0 Å². The standard InChI is InChI=1S/C11H22O2/c1-10(7-9-12)6-5-8-11(2,3)13-4/h7,9-10,12H,5-6,8H2,1-4H3/b9-7-/t10-/m0/s1. The van der Waals surface area contributed by atoms with Crippen molar-refractivity contribution in [2.75, 3.05) is 7.11 Å². The number of aliphatic hydroxyl groups is 1. The molecule has 0 radical (unpaired) electrons. The predicted octanol–water partition coefficient (Wildman–Crippen LogP) is 3.29. The molecule has 0 fully saturated rings. The number of aliphatic hydroxyl groups excluding tert-OH is 1. The van der Waals surface area contributed by atoms with E-state index in [0.717, 1.165) is 25.5 Å². The minimum Gasteiger partial charge on any atom is -0.516 e. The first kappa shape index (κ1) is 12.5. The van der Waals surface area contributed by atoms with E-state index in [0.29, 0.717) is 5.92 Å². The molecule has 0 saturated heterocycles. The van der Waals surface area contributed by atoms with Gasteiger partial charge in [-0.05, 0) is 38.7 Å². The maximum atomic E-state index is 8.54. The van der Waals surface area contributed by atoms with Crippen LogP contribution in [-0.2, 0) is 4.74 Å². The van der Waals surface area contributed by atoms with Crippen LogP contribution in [0.15, 0.2) is 12.3 Å². The van der Waals surface area contributed by atoms with Crippen molar-refractivity contribution < 1.29 is 9.84 Å². The zero-order valence-electron chi connectivity index (χ0n) is 9.21. The average Bonchev–Trinajstić information content (AvgIpc) is 2.05. The first-order valence-electron chi connectivity index (χ1n) is 4.88. The van der Waals surface area contributed by atoms with Gasteiger partial charge < -0.3 is 9.84 Å². The van der Waals surface area contributed by atoms with E-state index < -0.39 is 0 Å². The number of ether oxygens (including phenoxy) is 1. The van der Waals surface area contributed by atoms with Gasteiger partial charge in [0.15, 0.2) is 0 Å². The Kier molecular flexibility index (Phi) is 5.80. The number of methoxy groups -OCH3 is 1. The van der Waals surface area contributed by atoms with E-state index in [2.05, 4.69) is 20.8 Å². The lowest BCUT2D eigenvalue weighted by atomic mass is 9.97. The Morgan fingerprint density at radius 3 is 2.54 bits per heavy atom. The van der Waals surface area contributed by atoms with Crippen LogP contribution in [-0.4, -0.2) is 17.8 Å². The van der Waals surface area contributed by atoms with Crippen molar-refractivity contribution in [2.45, 2.75) is 45.6 Å². The Hall–Kier alpha value is -0.500. The number of hydrogen-bond donors (Lipinski definition) is 1. The van der Waals surface area contributed by atoms with Gasteiger partial charge in [0.1, 0.15) is 0 Å². The first-order valence-corrected chi connectivity index (χ1v) is 4.88. The van der Waals surface area contributed by atoms with E-state index in [1.165, 1.54) is 0 Å². The van der Waals surface area contributed by atoms with Gasteiger partial charge in [0.2, 0.25) is 0 Å². The van der Waals surface area contributed by atoms with E-state index in [-0.39, 0.29) is 5.60 Å². The van der Waals surface area contributed by atoms with Gasteiger partial charge in [-0.25, -0.2) is 0 Å². The number of rotatable bonds is 6. The zero-order chi connectivity index (χ0) is 10.3. The van der Waals surface area contributed by atoms with E-state index in [1.807, 2.05) is 6.08 Å². The summed E-state index contributed by atoms with van der Waals surface area (Å²) in [6, 6.07) is 0. The van der Waals surface area contributed by atoms with Crippen molar-refractivity contribution in [1.29, 1.82) is 0 Å². The molecule has 0 bridgehead atoms. The zero-order valence-corrected chi connectivity index (χ0v) is 9.21. The molecule has 0 heterocycles. The molecule has 0 spiro atoms. The molecule has 1 atom stereocenters. The Morgan fingerprint density at radius 2 is 2.08 bits per heavy atom. The molecular formula is C11H22O2. The molecule has 2 nitrogen and oxygen atoms in total. The topological polar surface area (TPSA) is 29.5 Å². The minimum atomic E-state index is -0.0113. The summed E-state index contributed by atoms with van der Waals surface area (Å²) >= 11 is 0. The summed E-state index contributed by atoms with van der Waals surface area (Å²) in [5.74, 6) is 0.456. The lowest BCUT2D eigenvalue weighted by Gasteiger charge is -2.22. The van der Waals surface area contributed by atoms with Crippen LogP contribution in [0.4, 0.5) is 0 Å². The summed E-state index contributed by atoms with van der Waals surface area (Å²) in [6.07, 6.45) is 6.25. The van der Waals surface area contributed by atoms with Crippen LogP contribution in [0.1, 0.15) is 40.0 Å². The predicted molar refractivity (Wildman–Crippen MR) is 55.9 cm³/mol. The van der Waals surface area contributed by atoms with E-state index in [9.17, 15) is 0 Å². The van der Waals surface area contributed by atoms with Gasteiger partial charge in [-0.1, -0.05) is 13.3 Å². The molecule has 0 rings (SSSR count). The molecule has 0 aliphatic carbocycles. The summed E-state index contributed by atoms with van der Waals surface area (Å²) < 4.78 is 5.31. The Balaban J connectivity index is 3.55. The van der Waals surface area contributed by atoms with Gasteiger partial charge in [-0.2, -0.15) is 0 Å². The van der Waals surface area contributed by atoms with E-state index >= 15 is 0 Å². The fraction of sp³-hybridized carbons (Fsp3) is 0.818. The van der Waals surface area contributed by atoms with Gasteiger partial charge in [-0.3, -0.25) is 0 Å². The van der Waals surface area contributed by atoms with Crippen LogP contribution in [0.25, 0.3) is 0 Å². The molecule has 0 unspecified atom stereocenters. The van der Waals surface area contributed by atoms with Crippen molar-refractivity contribution in [2.24, 2.45) is 5.92 Å². The Bertz CT molecular complexity index is 150. The van der Waals surface area contributed by atoms with Crippen molar-refractivity contribution in [3.05, 3.63) is 12.3 Å². The van der Waals surface area contributed by atoms with Gasteiger partial charge in [-0.15, -0.1) is 0 Å². The molecule has 0 saturated carbocycles. The summed E-state index contributed by atoms with van der Waals surface area (Å²) in [5.41, 5.74) is -0.0113. The van der Waals surface area contributed by atoms with Crippen molar-refractivity contribution in [1.82, 2.24) is 0 Å². The lowest BCUT2D eigenvalue weighted by molar-refractivity contribution is 0.0130. The fourth-order valence-corrected chi connectivity index (χ4v) is 1.19. The highest BCUT2D eigenvalue weighted by molar-refractivity contribution is 4.79. The summed E-state index contributed by atoms with van der Waals surface area (Å²) in [4.78, 5) is 0. The summed E-state index contributed by atoms with van der Waals surface area (Å²) in [7, 11) is 1.75. The molecule has 2 heteroatoms. The van der Waals surface area contributed by atoms with E-state index in [1.54, 1.807) is 7.11 Å². The maximum Gasteiger partial charge on any atom is 0.0754 e. The molecule has 78 valence electrons. The van der Waals surface area contributed by atoms with E-state index in [4.69, 9.17) is 9.84 Å². The fourth-order valence-electron chi connectivity index (χ4n) is 1.19. The average molecular weight is 186 g/mol. The van der Waals surface area contributed by atoms with Crippen LogP contribution in [0.5, 0.6) is 0 Å². The Morgan fingerprint density at radius 1 is 1.46 bits per heavy atom. The molecule has 0 aliphatic heterocycles. The van der Waals surface area contributed by atoms with Crippen molar-refractivity contribution in [3.8, 4) is 0 Å². The maximum absolute atomic E-state index is 8.54. The number of hydrogen-bond acceptors (Lipinski definition) is 2. The Labute approximate surface area is 81.6 Å². The van der Waals surface area contributed by atoms with Crippen LogP contribution >= 0.6 is 0 Å². The monoisotopic (exact) mass is 186 g/mol. The second kappa shape index (κ2) is 6.03. The molecular weight excluding hydrogens is 164 g/mol. The normalized spacial score (nSPS) is 15.1. The van der Waals surface area contributed by atoms with Crippen LogP contribution in [0.3, 0.4) is 0 Å². The highest BCUT2D eigenvalue weighted by atomic mass is 16.5. The molecule has 0 aliphatic rings. The van der Waals surface area contributed by atoms with Gasteiger partial charge in [0, 0.05) is 7.11 Å². The van der Waals surface area contributed by atoms with Crippen molar-refractivity contribution in [3.63, 3.8) is 0 Å². The number of allylic oxidation sites excluding steroid dienone is 1. The third kappa shape index (κ3) is 6.64. The molecule has 0 aromatic rings. The third-order valence-electron chi connectivity index (χ3n) is 2.41. The van der Waals surface area contributed by atoms with Gasteiger partial charge in [0.25, 0.3) is 0 Å². The summed E-state index contributed by atoms with van der Waals surface area (Å²) in [5, 5.41) is 8.54. The largest absolute Gasteiger partial charge is 0.516 e. The smallest absolute Gasteiger partial charge is 0.0754 e. The van der Waals surface area contributed by atoms with Crippen LogP contribution in [0, 0.1) is 5.92 Å². The molecule has 1 N–H and O–H groups in total. The summed E-state index contributed by atoms with van der Waals surface area (Å²) in [6.45, 7) is 6.30. The first-order chi connectivity index (χ1) is 6.02. The second-order valence-corrected chi connectivity index (χ2v) is 4.17. The molecule has 13 heavy (non-hydrogen) atoms. The molecule has 0 aromatic heterocycles. The lowest BCUT2D eigenvalue weighted by Crippen LogP contribution is -2.22. The minimum absolute atomic E-state index is 0.0113. The quantitative estimate of drug-likeness (QED) is 0.645. The molecule has 0 aromatic carbocycles. The highest BCUT2D eigenvalue weighted by Gasteiger charge is 2.15. The highest BCUT2D eigenvalue weighted by Crippen LogP contribution is 2.19. The second-order valence-electron chi connectivity index (χ2n) is 4.17. The third-order valence-corrected chi connectivity index (χ3v) is 2.41. The van der Waals surface area contributed by atoms with Gasteiger partial charge >= 0.3 is 0 Å². The van der Waals surface area contributed by atoms with Crippen LogP contribution < -0.4 is 0 Å². The van der Waals surface area contributed by atoms with Gasteiger partial charge in [0.05, 0.1) is 11.9 Å². The SMILES string of the molecule is COC(C)(C)CCC[C@H](C)/C=C\O. The molecule has 0 amide bonds. The van der Waals surface area contributed by atoms with Crippen LogP contribution in [0.2, 0.25) is 0 Å².